The SMILES string of the molecule is C/C1=C\CC[C@@]2(C)O[C@@H]2C[C@@H](C=Cc2ccccn2)OC(=O)C[C@H](O)C(C)(C)C(=O)[C@H](C)[C@H]1O. The van der Waals surface area contributed by atoms with Crippen LogP contribution in [0, 0.1) is 11.3 Å². The maximum Gasteiger partial charge on any atom is 0.309 e. The molecule has 0 bridgehead atoms. The third-order valence-electron chi connectivity index (χ3n) is 7.22. The van der Waals surface area contributed by atoms with E-state index in [0.717, 1.165) is 17.7 Å². The molecule has 0 aliphatic carbocycles. The number of ketones is 1. The molecule has 2 N–H and O–H groups in total. The average Bonchev–Trinajstić information content (AvgIpc) is 3.44. The van der Waals surface area contributed by atoms with Crippen LogP contribution in [0.4, 0.5) is 0 Å². The number of carbonyl (C=O) groups excluding carboxylic acids is 2. The van der Waals surface area contributed by atoms with Crippen LogP contribution in [0.15, 0.2) is 42.1 Å². The Labute approximate surface area is 201 Å². The summed E-state index contributed by atoms with van der Waals surface area (Å²) in [6.07, 6.45) is 5.98. The lowest BCUT2D eigenvalue weighted by Gasteiger charge is -2.33. The van der Waals surface area contributed by atoms with Crippen LogP contribution in [0.25, 0.3) is 6.08 Å². The number of allylic oxidation sites excluding steroid dienone is 1. The first-order valence-electron chi connectivity index (χ1n) is 12.0. The first kappa shape index (κ1) is 26.3. The van der Waals surface area contributed by atoms with E-state index in [-0.39, 0.29) is 23.9 Å². The lowest BCUT2D eigenvalue weighted by molar-refractivity contribution is -0.153. The second kappa shape index (κ2) is 10.5. The van der Waals surface area contributed by atoms with Gasteiger partial charge in [0.15, 0.2) is 0 Å². The van der Waals surface area contributed by atoms with Gasteiger partial charge in [-0.05, 0) is 56.5 Å². The zero-order valence-electron chi connectivity index (χ0n) is 20.7. The predicted octanol–water partition coefficient (Wildman–Crippen LogP) is 3.64. The van der Waals surface area contributed by atoms with E-state index >= 15 is 0 Å². The average molecular weight is 472 g/mol. The molecule has 3 rings (SSSR count). The molecule has 34 heavy (non-hydrogen) atoms. The van der Waals surface area contributed by atoms with Gasteiger partial charge >= 0.3 is 5.97 Å². The monoisotopic (exact) mass is 471 g/mol. The Kier molecular flexibility index (Phi) is 8.11. The molecule has 0 unspecified atom stereocenters. The summed E-state index contributed by atoms with van der Waals surface area (Å²) in [5, 5.41) is 21.5. The van der Waals surface area contributed by atoms with Crippen molar-refractivity contribution in [2.45, 2.75) is 90.3 Å². The van der Waals surface area contributed by atoms with E-state index in [1.54, 1.807) is 39.1 Å². The molecule has 1 fully saturated rings. The minimum Gasteiger partial charge on any atom is -0.458 e. The van der Waals surface area contributed by atoms with Gasteiger partial charge in [0.25, 0.3) is 0 Å². The number of esters is 1. The minimum atomic E-state index is -1.25. The van der Waals surface area contributed by atoms with Crippen molar-refractivity contribution in [3.8, 4) is 0 Å². The third-order valence-corrected chi connectivity index (χ3v) is 7.22. The topological polar surface area (TPSA) is 109 Å². The molecule has 7 nitrogen and oxygen atoms in total. The summed E-state index contributed by atoms with van der Waals surface area (Å²) < 4.78 is 11.7. The molecule has 2 aliphatic heterocycles. The van der Waals surface area contributed by atoms with Crippen molar-refractivity contribution >= 4 is 17.8 Å². The second-order valence-electron chi connectivity index (χ2n) is 10.3. The molecule has 186 valence electrons. The smallest absolute Gasteiger partial charge is 0.309 e. The lowest BCUT2D eigenvalue weighted by atomic mass is 9.74. The number of fused-ring (bicyclic) bond motifs is 1. The van der Waals surface area contributed by atoms with Crippen molar-refractivity contribution in [2.75, 3.05) is 0 Å². The highest BCUT2D eigenvalue weighted by molar-refractivity contribution is 5.88. The van der Waals surface area contributed by atoms with Crippen LogP contribution in [-0.2, 0) is 19.1 Å². The number of hydrogen-bond acceptors (Lipinski definition) is 7. The molecule has 1 aromatic rings. The molecule has 2 aliphatic rings. The van der Waals surface area contributed by atoms with Gasteiger partial charge in [0.05, 0.1) is 41.4 Å². The van der Waals surface area contributed by atoms with Gasteiger partial charge < -0.3 is 19.7 Å². The van der Waals surface area contributed by atoms with Gasteiger partial charge in [0.2, 0.25) is 0 Å². The third kappa shape index (κ3) is 6.20. The summed E-state index contributed by atoms with van der Waals surface area (Å²) in [4.78, 5) is 30.2. The zero-order chi connectivity index (χ0) is 25.1. The number of aliphatic hydroxyl groups excluding tert-OH is 2. The summed E-state index contributed by atoms with van der Waals surface area (Å²) in [5.74, 6) is -1.62. The zero-order valence-corrected chi connectivity index (χ0v) is 20.7. The fourth-order valence-corrected chi connectivity index (χ4v) is 4.49. The van der Waals surface area contributed by atoms with Crippen LogP contribution in [0.1, 0.15) is 66.0 Å². The Bertz CT molecular complexity index is 940. The normalized spacial score (nSPS) is 36.9. The lowest BCUT2D eigenvalue weighted by Crippen LogP contribution is -2.44. The van der Waals surface area contributed by atoms with E-state index in [0.29, 0.717) is 12.8 Å². The van der Waals surface area contributed by atoms with Crippen LogP contribution < -0.4 is 0 Å². The molecule has 0 aromatic carbocycles. The Morgan fingerprint density at radius 2 is 1.91 bits per heavy atom. The highest BCUT2D eigenvalue weighted by Crippen LogP contribution is 2.44. The first-order valence-corrected chi connectivity index (χ1v) is 12.0. The summed E-state index contributed by atoms with van der Waals surface area (Å²) in [6, 6.07) is 5.56. The van der Waals surface area contributed by atoms with Gasteiger partial charge in [-0.15, -0.1) is 0 Å². The molecule has 6 atom stereocenters. The van der Waals surface area contributed by atoms with Gasteiger partial charge in [-0.2, -0.15) is 0 Å². The molecule has 3 heterocycles. The fraction of sp³-hybridized carbons (Fsp3) is 0.593. The molecule has 0 saturated carbocycles. The molecular weight excluding hydrogens is 434 g/mol. The van der Waals surface area contributed by atoms with Gasteiger partial charge in [-0.3, -0.25) is 14.6 Å². The van der Waals surface area contributed by atoms with Crippen LogP contribution >= 0.6 is 0 Å². The maximum absolute atomic E-state index is 13.1. The van der Waals surface area contributed by atoms with Crippen molar-refractivity contribution in [1.29, 1.82) is 0 Å². The van der Waals surface area contributed by atoms with Gasteiger partial charge in [0, 0.05) is 18.5 Å². The minimum absolute atomic E-state index is 0.0768. The van der Waals surface area contributed by atoms with E-state index in [4.69, 9.17) is 9.47 Å². The number of nitrogens with zero attached hydrogens (tertiary/aromatic N) is 1. The van der Waals surface area contributed by atoms with Crippen LogP contribution in [0.3, 0.4) is 0 Å². The number of pyridine rings is 1. The predicted molar refractivity (Wildman–Crippen MR) is 129 cm³/mol. The summed E-state index contributed by atoms with van der Waals surface area (Å²) in [7, 11) is 0. The van der Waals surface area contributed by atoms with Gasteiger partial charge in [0.1, 0.15) is 11.9 Å². The Balaban J connectivity index is 1.85. The van der Waals surface area contributed by atoms with E-state index < -0.39 is 35.6 Å². The molecule has 0 radical (unpaired) electrons. The van der Waals surface area contributed by atoms with Crippen molar-refractivity contribution in [3.63, 3.8) is 0 Å². The van der Waals surface area contributed by atoms with Gasteiger partial charge in [-0.25, -0.2) is 0 Å². The molecule has 7 heteroatoms. The Morgan fingerprint density at radius 3 is 2.59 bits per heavy atom. The van der Waals surface area contributed by atoms with Crippen molar-refractivity contribution in [2.24, 2.45) is 11.3 Å². The number of aliphatic hydroxyl groups is 2. The first-order chi connectivity index (χ1) is 15.9. The highest BCUT2D eigenvalue weighted by Gasteiger charge is 2.52. The molecule has 1 saturated heterocycles. The van der Waals surface area contributed by atoms with E-state index in [1.807, 2.05) is 38.1 Å². The quantitative estimate of drug-likeness (QED) is 0.385. The number of ether oxygens (including phenoxy) is 2. The van der Waals surface area contributed by atoms with E-state index in [1.165, 1.54) is 0 Å². The van der Waals surface area contributed by atoms with Crippen molar-refractivity contribution in [3.05, 3.63) is 47.8 Å². The Hall–Kier alpha value is -2.35. The molecule has 0 spiro atoms. The molecule has 0 amide bonds. The second-order valence-corrected chi connectivity index (χ2v) is 10.3. The number of Topliss-reactive ketones (excluding diaryl/α,β-unsaturated/α-hetero) is 1. The highest BCUT2D eigenvalue weighted by atomic mass is 16.6. The summed E-state index contributed by atoms with van der Waals surface area (Å²) >= 11 is 0. The number of rotatable bonds is 2. The number of cyclic esters (lactones) is 1. The van der Waals surface area contributed by atoms with Crippen molar-refractivity contribution < 1.29 is 29.3 Å². The number of aromatic nitrogens is 1. The van der Waals surface area contributed by atoms with Crippen LogP contribution in [0.2, 0.25) is 0 Å². The molecular formula is C27H37NO6. The number of epoxide rings is 1. The standard InChI is InChI=1S/C27H37NO6/c1-17-9-8-13-27(5)22(34-27)15-20(12-11-19-10-6-7-14-28-19)33-23(30)16-21(29)26(3,4)25(32)18(2)24(17)31/h6-7,9-12,14,18,20-22,24,29,31H,8,13,15-16H2,1-5H3/b12-11?,17-9+/t18-,20-,21+,22-,24+,27-/m1/s1. The van der Waals surface area contributed by atoms with Crippen LogP contribution in [0.5, 0.6) is 0 Å². The van der Waals surface area contributed by atoms with E-state index in [2.05, 4.69) is 4.98 Å². The number of carbonyl (C=O) groups is 2. The summed E-state index contributed by atoms with van der Waals surface area (Å²) in [5.41, 5.74) is -0.112. The fourth-order valence-electron chi connectivity index (χ4n) is 4.49. The maximum atomic E-state index is 13.1. The summed E-state index contributed by atoms with van der Waals surface area (Å²) in [6.45, 7) is 8.69. The Morgan fingerprint density at radius 1 is 1.18 bits per heavy atom. The largest absolute Gasteiger partial charge is 0.458 e. The number of hydrogen-bond donors (Lipinski definition) is 2. The molecule has 1 aromatic heterocycles. The van der Waals surface area contributed by atoms with Gasteiger partial charge in [-0.1, -0.05) is 32.9 Å². The van der Waals surface area contributed by atoms with Crippen molar-refractivity contribution in [1.82, 2.24) is 4.98 Å². The van der Waals surface area contributed by atoms with E-state index in [9.17, 15) is 19.8 Å². The van der Waals surface area contributed by atoms with Crippen LogP contribution in [-0.4, -0.2) is 57.0 Å².